The molecule has 0 unspecified atom stereocenters. The first-order valence-electron chi connectivity index (χ1n) is 11.1. The summed E-state index contributed by atoms with van der Waals surface area (Å²) in [6, 6.07) is 13.9. The number of carbonyl (C=O) groups excluding carboxylic acids is 1. The molecule has 5 nitrogen and oxygen atoms in total. The molecule has 1 N–H and O–H groups in total. The second-order valence-corrected chi connectivity index (χ2v) is 9.69. The van der Waals surface area contributed by atoms with Gasteiger partial charge in [-0.15, -0.1) is 0 Å². The molecule has 33 heavy (non-hydrogen) atoms. The quantitative estimate of drug-likeness (QED) is 0.527. The van der Waals surface area contributed by atoms with Crippen LogP contribution >= 0.6 is 23.4 Å². The highest BCUT2D eigenvalue weighted by molar-refractivity contribution is 7.99. The van der Waals surface area contributed by atoms with Gasteiger partial charge < -0.3 is 0 Å². The zero-order valence-electron chi connectivity index (χ0n) is 18.1. The number of amides is 1. The van der Waals surface area contributed by atoms with E-state index in [0.717, 1.165) is 59.8 Å². The number of benzene rings is 2. The number of aromatic nitrogens is 2. The highest BCUT2D eigenvalue weighted by Crippen LogP contribution is 2.37. The van der Waals surface area contributed by atoms with Crippen LogP contribution in [0, 0.1) is 5.82 Å². The standard InChI is InChI=1S/C25H24ClFN4OS/c26-19-6-10-21(11-7-19)31-24-18(14-17-4-8-20(27)9-5-17)15-33-16-22(24)23(28-31)25(32)29-30-12-2-1-3-13-30/h4-11,14H,1-3,12-13,15-16H2,(H,29,32)/b18-14+. The van der Waals surface area contributed by atoms with Gasteiger partial charge in [0.15, 0.2) is 5.69 Å². The summed E-state index contributed by atoms with van der Waals surface area (Å²) >= 11 is 7.86. The molecule has 0 atom stereocenters. The number of hydrazine groups is 1. The number of hydrogen-bond acceptors (Lipinski definition) is 4. The van der Waals surface area contributed by atoms with Gasteiger partial charge in [0.05, 0.1) is 11.4 Å². The monoisotopic (exact) mass is 482 g/mol. The molecule has 2 aliphatic heterocycles. The van der Waals surface area contributed by atoms with Gasteiger partial charge in [-0.25, -0.2) is 14.1 Å². The summed E-state index contributed by atoms with van der Waals surface area (Å²) in [5.41, 5.74) is 8.14. The number of rotatable bonds is 4. The fraction of sp³-hybridized carbons (Fsp3) is 0.280. The highest BCUT2D eigenvalue weighted by Gasteiger charge is 2.29. The van der Waals surface area contributed by atoms with Crippen LogP contribution in [0.25, 0.3) is 17.3 Å². The number of fused-ring (bicyclic) bond motifs is 1. The van der Waals surface area contributed by atoms with E-state index in [1.54, 1.807) is 23.9 Å². The maximum atomic E-state index is 13.4. The molecule has 2 aliphatic rings. The lowest BCUT2D eigenvalue weighted by molar-refractivity contribution is 0.0743. The van der Waals surface area contributed by atoms with Crippen molar-refractivity contribution in [3.8, 4) is 5.69 Å². The molecule has 0 spiro atoms. The van der Waals surface area contributed by atoms with Crippen molar-refractivity contribution >= 4 is 40.9 Å². The molecule has 3 heterocycles. The van der Waals surface area contributed by atoms with E-state index in [2.05, 4.69) is 5.43 Å². The van der Waals surface area contributed by atoms with Crippen molar-refractivity contribution in [1.82, 2.24) is 20.2 Å². The molecule has 8 heteroatoms. The number of piperidine rings is 1. The SMILES string of the molecule is O=C(NN1CCCCC1)c1nn(-c2ccc(Cl)cc2)c2c1CSC/C2=C\c1ccc(F)cc1. The van der Waals surface area contributed by atoms with Crippen LogP contribution in [-0.2, 0) is 5.75 Å². The Morgan fingerprint density at radius 3 is 2.48 bits per heavy atom. The summed E-state index contributed by atoms with van der Waals surface area (Å²) < 4.78 is 15.2. The fourth-order valence-electron chi connectivity index (χ4n) is 4.27. The highest BCUT2D eigenvalue weighted by atomic mass is 35.5. The number of hydrogen-bond donors (Lipinski definition) is 1. The molecule has 1 fully saturated rings. The molecule has 0 bridgehead atoms. The zero-order chi connectivity index (χ0) is 22.8. The topological polar surface area (TPSA) is 50.2 Å². The van der Waals surface area contributed by atoms with Gasteiger partial charge in [-0.3, -0.25) is 10.2 Å². The predicted octanol–water partition coefficient (Wildman–Crippen LogP) is 5.58. The lowest BCUT2D eigenvalue weighted by Crippen LogP contribution is -2.45. The lowest BCUT2D eigenvalue weighted by Gasteiger charge is -2.26. The Hall–Kier alpha value is -2.61. The molecule has 1 aromatic heterocycles. The predicted molar refractivity (Wildman–Crippen MR) is 132 cm³/mol. The van der Waals surface area contributed by atoms with E-state index in [1.807, 2.05) is 40.0 Å². The van der Waals surface area contributed by atoms with Gasteiger partial charge >= 0.3 is 0 Å². The van der Waals surface area contributed by atoms with Crippen LogP contribution < -0.4 is 5.43 Å². The number of thioether (sulfide) groups is 1. The van der Waals surface area contributed by atoms with E-state index in [-0.39, 0.29) is 11.7 Å². The molecular weight excluding hydrogens is 459 g/mol. The van der Waals surface area contributed by atoms with E-state index in [0.29, 0.717) is 16.5 Å². The third-order valence-corrected chi connectivity index (χ3v) is 7.16. The van der Waals surface area contributed by atoms with Crippen molar-refractivity contribution in [2.24, 2.45) is 0 Å². The Labute approximate surface area is 201 Å². The van der Waals surface area contributed by atoms with Crippen LogP contribution in [0.3, 0.4) is 0 Å². The summed E-state index contributed by atoms with van der Waals surface area (Å²) in [7, 11) is 0. The van der Waals surface area contributed by atoms with Crippen molar-refractivity contribution < 1.29 is 9.18 Å². The Balaban J connectivity index is 1.58. The molecule has 0 aliphatic carbocycles. The minimum absolute atomic E-state index is 0.176. The Morgan fingerprint density at radius 2 is 1.76 bits per heavy atom. The first-order valence-corrected chi connectivity index (χ1v) is 12.6. The summed E-state index contributed by atoms with van der Waals surface area (Å²) in [6.07, 6.45) is 5.40. The number of halogens is 2. The molecule has 0 saturated carbocycles. The lowest BCUT2D eigenvalue weighted by atomic mass is 10.0. The van der Waals surface area contributed by atoms with E-state index < -0.39 is 0 Å². The molecule has 0 radical (unpaired) electrons. The average Bonchev–Trinajstić information content (AvgIpc) is 3.23. The van der Waals surface area contributed by atoms with Crippen LogP contribution in [0.1, 0.15) is 46.6 Å². The molecule has 2 aromatic carbocycles. The van der Waals surface area contributed by atoms with Gasteiger partial charge in [0, 0.05) is 35.2 Å². The zero-order valence-corrected chi connectivity index (χ0v) is 19.6. The van der Waals surface area contributed by atoms with Crippen molar-refractivity contribution in [3.05, 3.63) is 81.9 Å². The van der Waals surface area contributed by atoms with Crippen LogP contribution in [0.15, 0.2) is 48.5 Å². The van der Waals surface area contributed by atoms with E-state index in [4.69, 9.17) is 16.7 Å². The summed E-state index contributed by atoms with van der Waals surface area (Å²) in [5, 5.41) is 7.41. The third-order valence-electron chi connectivity index (χ3n) is 5.90. The van der Waals surface area contributed by atoms with E-state index in [9.17, 15) is 9.18 Å². The molecule has 170 valence electrons. The van der Waals surface area contributed by atoms with E-state index in [1.165, 1.54) is 18.6 Å². The molecule has 1 saturated heterocycles. The number of nitrogens with one attached hydrogen (secondary N) is 1. The van der Waals surface area contributed by atoms with Crippen molar-refractivity contribution in [3.63, 3.8) is 0 Å². The molecule has 1 amide bonds. The molecule has 5 rings (SSSR count). The van der Waals surface area contributed by atoms with Crippen LogP contribution in [-0.4, -0.2) is 39.5 Å². The van der Waals surface area contributed by atoms with Gasteiger partial charge in [0.1, 0.15) is 5.82 Å². The largest absolute Gasteiger partial charge is 0.286 e. The Morgan fingerprint density at radius 1 is 1.03 bits per heavy atom. The normalized spacial score (nSPS) is 17.7. The van der Waals surface area contributed by atoms with Gasteiger partial charge in [0.25, 0.3) is 5.91 Å². The minimum atomic E-state index is -0.265. The Kier molecular flexibility index (Phi) is 6.53. The Bertz CT molecular complexity index is 1180. The summed E-state index contributed by atoms with van der Waals surface area (Å²) in [6.45, 7) is 1.71. The van der Waals surface area contributed by atoms with Gasteiger partial charge in [-0.1, -0.05) is 30.2 Å². The van der Waals surface area contributed by atoms with Crippen LogP contribution in [0.4, 0.5) is 4.39 Å². The van der Waals surface area contributed by atoms with Crippen LogP contribution in [0.5, 0.6) is 0 Å². The number of nitrogens with zero attached hydrogens (tertiary/aromatic N) is 3. The summed E-state index contributed by atoms with van der Waals surface area (Å²) in [5.74, 6) is 1.03. The van der Waals surface area contributed by atoms with E-state index >= 15 is 0 Å². The molecule has 3 aromatic rings. The third kappa shape index (κ3) is 4.86. The average molecular weight is 483 g/mol. The summed E-state index contributed by atoms with van der Waals surface area (Å²) in [4.78, 5) is 13.3. The van der Waals surface area contributed by atoms with Crippen molar-refractivity contribution in [1.29, 1.82) is 0 Å². The van der Waals surface area contributed by atoms with Gasteiger partial charge in [-0.2, -0.15) is 16.9 Å². The van der Waals surface area contributed by atoms with Gasteiger partial charge in [-0.05, 0) is 66.5 Å². The first kappa shape index (κ1) is 22.2. The first-order chi connectivity index (χ1) is 16.1. The van der Waals surface area contributed by atoms with Crippen molar-refractivity contribution in [2.45, 2.75) is 25.0 Å². The number of carbonyl (C=O) groups is 1. The smallest absolute Gasteiger partial charge is 0.283 e. The second-order valence-electron chi connectivity index (χ2n) is 8.27. The fourth-order valence-corrected chi connectivity index (χ4v) is 5.42. The van der Waals surface area contributed by atoms with Crippen molar-refractivity contribution in [2.75, 3.05) is 18.8 Å². The second kappa shape index (κ2) is 9.71. The maximum absolute atomic E-state index is 13.4. The van der Waals surface area contributed by atoms with Gasteiger partial charge in [0.2, 0.25) is 0 Å². The maximum Gasteiger partial charge on any atom is 0.286 e. The minimum Gasteiger partial charge on any atom is -0.283 e. The molecular formula is C25H24ClFN4OS. The van der Waals surface area contributed by atoms with Crippen LogP contribution in [0.2, 0.25) is 5.02 Å².